The summed E-state index contributed by atoms with van der Waals surface area (Å²) in [6.07, 6.45) is 1.14. The minimum Gasteiger partial charge on any atom is -0.267 e. The van der Waals surface area contributed by atoms with Crippen molar-refractivity contribution in [3.8, 4) is 11.9 Å². The van der Waals surface area contributed by atoms with E-state index in [4.69, 9.17) is 0 Å². The maximum Gasteiger partial charge on any atom is 0.370 e. The van der Waals surface area contributed by atoms with Crippen molar-refractivity contribution in [2.24, 2.45) is 0 Å². The first kappa shape index (κ1) is 4.83. The number of hydrogen-bond donors (Lipinski definition) is 0. The molecule has 4 heteroatoms. The highest BCUT2D eigenvalue weighted by atomic mass is 16.3. The average Bonchev–Trinajstić information content (AvgIpc) is 1.64. The predicted octanol–water partition coefficient (Wildman–Crippen LogP) is 0.764. The molecule has 0 spiro atoms. The van der Waals surface area contributed by atoms with Crippen LogP contribution in [0.1, 0.15) is 0 Å². The van der Waals surface area contributed by atoms with Crippen LogP contribution in [0, 0.1) is 0 Å². The Balaban J connectivity index is 3.08. The van der Waals surface area contributed by atoms with Gasteiger partial charge in [-0.25, -0.2) is 5.11 Å². The van der Waals surface area contributed by atoms with Crippen LogP contribution in [0.25, 0.3) is 0 Å². The lowest BCUT2D eigenvalue weighted by molar-refractivity contribution is 0.290. The number of hydrogen-bond acceptors (Lipinski definition) is 2. The lowest BCUT2D eigenvalue weighted by Gasteiger charge is -1.80. The Morgan fingerprint density at radius 1 is 1.38 bits per heavy atom. The standard InChI is InChI=1S/C4H2N2O2/c7-3-1-2-5-4(8)6-3/h1-2H. The van der Waals surface area contributed by atoms with Gasteiger partial charge in [-0.05, 0) is 0 Å². The summed E-state index contributed by atoms with van der Waals surface area (Å²) in [5, 5.41) is 20.2. The molecule has 0 saturated heterocycles. The monoisotopic (exact) mass is 110 g/mol. The van der Waals surface area contributed by atoms with Gasteiger partial charge in [0, 0.05) is 12.3 Å². The fraction of sp³-hybridized carbons (Fsp3) is 0. The molecule has 0 fully saturated rings. The van der Waals surface area contributed by atoms with Gasteiger partial charge in [0.2, 0.25) is 0 Å². The van der Waals surface area contributed by atoms with Crippen molar-refractivity contribution in [2.75, 3.05) is 0 Å². The Bertz CT molecular complexity index is 172. The summed E-state index contributed by atoms with van der Waals surface area (Å²) in [5.74, 6) is -0.537. The van der Waals surface area contributed by atoms with Crippen molar-refractivity contribution in [1.29, 1.82) is 0 Å². The summed E-state index contributed by atoms with van der Waals surface area (Å²) in [5.41, 5.74) is 0. The van der Waals surface area contributed by atoms with Gasteiger partial charge in [0.1, 0.15) is 0 Å². The third kappa shape index (κ3) is 0.841. The summed E-state index contributed by atoms with van der Waals surface area (Å²) >= 11 is 0. The zero-order chi connectivity index (χ0) is 5.98. The molecule has 0 amide bonds. The van der Waals surface area contributed by atoms with E-state index in [-0.39, 0.29) is 0 Å². The Kier molecular flexibility index (Phi) is 0.997. The molecule has 0 bridgehead atoms. The lowest BCUT2D eigenvalue weighted by atomic mass is 10.6. The molecular formula is C4H2N2O2. The second-order valence-electron chi connectivity index (χ2n) is 1.18. The maximum absolute atomic E-state index is 10.1. The number of nitrogens with zero attached hydrogens (tertiary/aromatic N) is 2. The van der Waals surface area contributed by atoms with E-state index in [9.17, 15) is 10.2 Å². The molecule has 0 N–H and O–H groups in total. The van der Waals surface area contributed by atoms with Crippen LogP contribution < -0.4 is 0 Å². The predicted molar refractivity (Wildman–Crippen MR) is 22.3 cm³/mol. The first-order chi connectivity index (χ1) is 3.79. The van der Waals surface area contributed by atoms with Gasteiger partial charge in [-0.1, -0.05) is 0 Å². The van der Waals surface area contributed by atoms with E-state index in [1.165, 1.54) is 0 Å². The molecule has 8 heavy (non-hydrogen) atoms. The molecule has 0 aromatic carbocycles. The Morgan fingerprint density at radius 2 is 2.12 bits per heavy atom. The first-order valence-electron chi connectivity index (χ1n) is 1.96. The normalized spacial score (nSPS) is 9.00. The second kappa shape index (κ2) is 1.65. The first-order valence-corrected chi connectivity index (χ1v) is 1.96. The molecule has 0 unspecified atom stereocenters. The van der Waals surface area contributed by atoms with Crippen LogP contribution in [0.15, 0.2) is 12.3 Å². The van der Waals surface area contributed by atoms with Crippen molar-refractivity contribution in [3.63, 3.8) is 0 Å². The van der Waals surface area contributed by atoms with E-state index in [0.29, 0.717) is 0 Å². The molecule has 1 aromatic rings. The molecule has 4 nitrogen and oxygen atoms in total. The molecule has 1 heterocycles. The van der Waals surface area contributed by atoms with Gasteiger partial charge < -0.3 is 0 Å². The summed E-state index contributed by atoms with van der Waals surface area (Å²) in [6, 6.07) is 0.402. The van der Waals surface area contributed by atoms with Crippen molar-refractivity contribution in [1.82, 2.24) is 9.97 Å². The Hall–Kier alpha value is -1.32. The van der Waals surface area contributed by atoms with E-state index in [1.54, 1.807) is 0 Å². The van der Waals surface area contributed by atoms with Gasteiger partial charge in [-0.2, -0.15) is 9.97 Å². The summed E-state index contributed by atoms with van der Waals surface area (Å²) in [6.45, 7) is 0. The van der Waals surface area contributed by atoms with Gasteiger partial charge >= 0.3 is 6.01 Å². The fourth-order valence-corrected chi connectivity index (χ4v) is 0.325. The molecule has 1 rings (SSSR count). The minimum absolute atomic E-state index is 0.537. The maximum atomic E-state index is 10.1. The van der Waals surface area contributed by atoms with Crippen molar-refractivity contribution in [3.05, 3.63) is 12.3 Å². The smallest absolute Gasteiger partial charge is 0.267 e. The van der Waals surface area contributed by atoms with Crippen LogP contribution >= 0.6 is 0 Å². The molecule has 1 aromatic heterocycles. The van der Waals surface area contributed by atoms with Gasteiger partial charge in [-0.3, -0.25) is 5.11 Å². The van der Waals surface area contributed by atoms with Crippen LogP contribution in [0.2, 0.25) is 0 Å². The van der Waals surface area contributed by atoms with Gasteiger partial charge in [0.15, 0.2) is 0 Å². The summed E-state index contributed by atoms with van der Waals surface area (Å²) < 4.78 is 0. The zero-order valence-electron chi connectivity index (χ0n) is 3.87. The van der Waals surface area contributed by atoms with Crippen LogP contribution in [-0.2, 0) is 10.2 Å². The van der Waals surface area contributed by atoms with Crippen LogP contribution in [-0.4, -0.2) is 9.97 Å². The molecule has 0 aliphatic carbocycles. The molecule has 0 aliphatic heterocycles. The topological polar surface area (TPSA) is 65.6 Å². The van der Waals surface area contributed by atoms with E-state index in [1.807, 2.05) is 0 Å². The van der Waals surface area contributed by atoms with Crippen molar-refractivity contribution >= 4 is 0 Å². The van der Waals surface area contributed by atoms with Crippen molar-refractivity contribution in [2.45, 2.75) is 0 Å². The molecule has 0 aliphatic rings. The lowest BCUT2D eigenvalue weighted by Crippen LogP contribution is -1.74. The fourth-order valence-electron chi connectivity index (χ4n) is 0.325. The average molecular weight is 110 g/mol. The quantitative estimate of drug-likeness (QED) is 0.494. The van der Waals surface area contributed by atoms with Gasteiger partial charge in [0.25, 0.3) is 5.88 Å². The van der Waals surface area contributed by atoms with Gasteiger partial charge in [-0.15, -0.1) is 0 Å². The second-order valence-corrected chi connectivity index (χ2v) is 1.18. The summed E-state index contributed by atoms with van der Waals surface area (Å²) in [7, 11) is 0. The Morgan fingerprint density at radius 3 is 2.50 bits per heavy atom. The third-order valence-electron chi connectivity index (χ3n) is 0.608. The highest BCUT2D eigenvalue weighted by molar-refractivity contribution is 5.06. The van der Waals surface area contributed by atoms with Gasteiger partial charge in [0.05, 0.1) is 0 Å². The molecule has 0 atom stereocenters. The largest absolute Gasteiger partial charge is 0.370 e. The van der Waals surface area contributed by atoms with Crippen LogP contribution in [0.4, 0.5) is 0 Å². The molecule has 2 radical (unpaired) electrons. The Labute approximate surface area is 45.5 Å². The van der Waals surface area contributed by atoms with E-state index < -0.39 is 11.9 Å². The van der Waals surface area contributed by atoms with E-state index >= 15 is 0 Å². The van der Waals surface area contributed by atoms with E-state index in [0.717, 1.165) is 12.3 Å². The number of rotatable bonds is 0. The molecule has 40 valence electrons. The number of aromatic nitrogens is 2. The zero-order valence-corrected chi connectivity index (χ0v) is 3.87. The minimum atomic E-state index is -0.725. The van der Waals surface area contributed by atoms with Crippen LogP contribution in [0.5, 0.6) is 11.9 Å². The highest BCUT2D eigenvalue weighted by Gasteiger charge is 1.93. The molecule has 0 saturated carbocycles. The van der Waals surface area contributed by atoms with E-state index in [2.05, 4.69) is 9.97 Å². The molecular weight excluding hydrogens is 108 g/mol. The highest BCUT2D eigenvalue weighted by Crippen LogP contribution is 2.05. The van der Waals surface area contributed by atoms with Crippen molar-refractivity contribution < 1.29 is 10.2 Å². The van der Waals surface area contributed by atoms with Crippen LogP contribution in [0.3, 0.4) is 0 Å². The summed E-state index contributed by atoms with van der Waals surface area (Å²) in [4.78, 5) is 6.12. The third-order valence-corrected chi connectivity index (χ3v) is 0.608. The SMILES string of the molecule is [O]c1ccnc([O])n1.